The van der Waals surface area contributed by atoms with Crippen molar-refractivity contribution < 1.29 is 22.4 Å². The quantitative estimate of drug-likeness (QED) is 0.613. The minimum atomic E-state index is -1.07. The maximum atomic E-state index is 13.0. The third-order valence-electron chi connectivity index (χ3n) is 2.53. The van der Waals surface area contributed by atoms with Crippen LogP contribution in [0, 0.1) is 23.3 Å². The van der Waals surface area contributed by atoms with Gasteiger partial charge in [-0.15, -0.1) is 0 Å². The van der Waals surface area contributed by atoms with Gasteiger partial charge in [0.1, 0.15) is 11.6 Å². The summed E-state index contributed by atoms with van der Waals surface area (Å²) in [5, 5.41) is 0. The van der Waals surface area contributed by atoms with Crippen LogP contribution >= 0.6 is 0 Å². The Morgan fingerprint density at radius 1 is 0.842 bits per heavy atom. The fourth-order valence-corrected chi connectivity index (χ4v) is 1.65. The van der Waals surface area contributed by atoms with E-state index in [0.29, 0.717) is 6.07 Å². The summed E-state index contributed by atoms with van der Waals surface area (Å²) in [5.74, 6) is -4.41. The van der Waals surface area contributed by atoms with Crippen LogP contribution in [0.5, 0.6) is 0 Å². The molecule has 0 aliphatic carbocycles. The Bertz CT molecular complexity index is 617. The Balaban J connectivity index is 2.22. The molecular formula is C14H8F4O. The predicted octanol–water partition coefficient (Wildman–Crippen LogP) is 3.67. The van der Waals surface area contributed by atoms with E-state index < -0.39 is 29.1 Å². The van der Waals surface area contributed by atoms with Crippen molar-refractivity contribution in [2.24, 2.45) is 0 Å². The SMILES string of the molecule is O=C(Cc1ccc(F)c(F)c1)c1cc(F)cc(F)c1. The van der Waals surface area contributed by atoms with Gasteiger partial charge in [0.15, 0.2) is 17.4 Å². The lowest BCUT2D eigenvalue weighted by Gasteiger charge is -2.03. The fraction of sp³-hybridized carbons (Fsp3) is 0.0714. The number of carbonyl (C=O) groups excluding carboxylic acids is 1. The van der Waals surface area contributed by atoms with Crippen LogP contribution in [0.3, 0.4) is 0 Å². The summed E-state index contributed by atoms with van der Waals surface area (Å²) in [7, 11) is 0. The van der Waals surface area contributed by atoms with Crippen LogP contribution in [0.1, 0.15) is 15.9 Å². The van der Waals surface area contributed by atoms with E-state index >= 15 is 0 Å². The molecule has 5 heteroatoms. The van der Waals surface area contributed by atoms with Gasteiger partial charge in [-0.2, -0.15) is 0 Å². The van der Waals surface area contributed by atoms with Gasteiger partial charge >= 0.3 is 0 Å². The first-order valence-corrected chi connectivity index (χ1v) is 5.39. The lowest BCUT2D eigenvalue weighted by molar-refractivity contribution is 0.0992. The molecule has 0 bridgehead atoms. The van der Waals surface area contributed by atoms with Gasteiger partial charge in [0.05, 0.1) is 0 Å². The van der Waals surface area contributed by atoms with Crippen molar-refractivity contribution in [1.82, 2.24) is 0 Å². The Kier molecular flexibility index (Phi) is 3.64. The minimum Gasteiger partial charge on any atom is -0.294 e. The fourth-order valence-electron chi connectivity index (χ4n) is 1.65. The van der Waals surface area contributed by atoms with Crippen LogP contribution < -0.4 is 0 Å². The largest absolute Gasteiger partial charge is 0.294 e. The number of rotatable bonds is 3. The Morgan fingerprint density at radius 3 is 2.05 bits per heavy atom. The molecule has 0 N–H and O–H groups in total. The normalized spacial score (nSPS) is 10.5. The summed E-state index contributed by atoms with van der Waals surface area (Å²) >= 11 is 0. The predicted molar refractivity (Wildman–Crippen MR) is 60.8 cm³/mol. The second-order valence-corrected chi connectivity index (χ2v) is 4.01. The minimum absolute atomic E-state index is 0.151. The molecule has 98 valence electrons. The molecule has 0 aliphatic rings. The molecule has 0 radical (unpaired) electrons. The second-order valence-electron chi connectivity index (χ2n) is 4.01. The van der Waals surface area contributed by atoms with Crippen LogP contribution in [-0.4, -0.2) is 5.78 Å². The van der Waals surface area contributed by atoms with Crippen molar-refractivity contribution in [1.29, 1.82) is 0 Å². The smallest absolute Gasteiger partial charge is 0.167 e. The van der Waals surface area contributed by atoms with E-state index in [-0.39, 0.29) is 17.5 Å². The Morgan fingerprint density at radius 2 is 1.47 bits per heavy atom. The average Bonchev–Trinajstić information content (AvgIpc) is 2.32. The molecule has 0 unspecified atom stereocenters. The number of benzene rings is 2. The summed E-state index contributed by atoms with van der Waals surface area (Å²) < 4.78 is 51.5. The third kappa shape index (κ3) is 3.19. The first-order valence-electron chi connectivity index (χ1n) is 5.39. The summed E-state index contributed by atoms with van der Waals surface area (Å²) in [4.78, 5) is 11.8. The maximum absolute atomic E-state index is 13.0. The lowest BCUT2D eigenvalue weighted by Crippen LogP contribution is -2.05. The molecule has 0 spiro atoms. The van der Waals surface area contributed by atoms with E-state index in [1.165, 1.54) is 6.07 Å². The lowest BCUT2D eigenvalue weighted by atomic mass is 10.0. The second kappa shape index (κ2) is 5.22. The standard InChI is InChI=1S/C14H8F4O/c15-10-5-9(6-11(16)7-10)14(19)4-8-1-2-12(17)13(18)3-8/h1-3,5-7H,4H2. The van der Waals surface area contributed by atoms with Gasteiger partial charge in [0.25, 0.3) is 0 Å². The summed E-state index contributed by atoms with van der Waals surface area (Å²) in [6.07, 6.45) is -0.264. The van der Waals surface area contributed by atoms with E-state index in [2.05, 4.69) is 0 Å². The van der Waals surface area contributed by atoms with Crippen molar-refractivity contribution >= 4 is 5.78 Å². The molecule has 0 fully saturated rings. The van der Waals surface area contributed by atoms with Crippen molar-refractivity contribution in [3.05, 3.63) is 70.8 Å². The highest BCUT2D eigenvalue weighted by molar-refractivity contribution is 5.97. The van der Waals surface area contributed by atoms with Gasteiger partial charge in [-0.1, -0.05) is 6.07 Å². The van der Waals surface area contributed by atoms with Gasteiger partial charge in [0.2, 0.25) is 0 Å². The maximum Gasteiger partial charge on any atom is 0.167 e. The molecule has 0 aliphatic heterocycles. The van der Waals surface area contributed by atoms with Crippen LogP contribution in [0.15, 0.2) is 36.4 Å². The van der Waals surface area contributed by atoms with Gasteiger partial charge in [-0.25, -0.2) is 17.6 Å². The number of carbonyl (C=O) groups is 1. The van der Waals surface area contributed by atoms with E-state index in [1.54, 1.807) is 0 Å². The average molecular weight is 268 g/mol. The van der Waals surface area contributed by atoms with E-state index in [0.717, 1.165) is 24.3 Å². The molecule has 2 rings (SSSR count). The highest BCUT2D eigenvalue weighted by Crippen LogP contribution is 2.14. The highest BCUT2D eigenvalue weighted by atomic mass is 19.2. The van der Waals surface area contributed by atoms with Crippen molar-refractivity contribution in [3.63, 3.8) is 0 Å². The van der Waals surface area contributed by atoms with Crippen molar-refractivity contribution in [2.45, 2.75) is 6.42 Å². The zero-order valence-electron chi connectivity index (χ0n) is 9.59. The van der Waals surface area contributed by atoms with Gasteiger partial charge < -0.3 is 0 Å². The molecule has 0 saturated carbocycles. The number of hydrogen-bond donors (Lipinski definition) is 0. The van der Waals surface area contributed by atoms with Crippen molar-refractivity contribution in [3.8, 4) is 0 Å². The monoisotopic (exact) mass is 268 g/mol. The molecule has 0 atom stereocenters. The number of hydrogen-bond acceptors (Lipinski definition) is 1. The Labute approximate surface area is 106 Å². The topological polar surface area (TPSA) is 17.1 Å². The number of halogens is 4. The number of Topliss-reactive ketones (excluding diaryl/α,β-unsaturated/α-hetero) is 1. The molecule has 0 saturated heterocycles. The molecule has 0 heterocycles. The van der Waals surface area contributed by atoms with Crippen LogP contribution in [0.4, 0.5) is 17.6 Å². The summed E-state index contributed by atoms with van der Waals surface area (Å²) in [6, 6.07) is 5.45. The number of ketones is 1. The van der Waals surface area contributed by atoms with Crippen molar-refractivity contribution in [2.75, 3.05) is 0 Å². The molecule has 1 nitrogen and oxygen atoms in total. The van der Waals surface area contributed by atoms with E-state index in [4.69, 9.17) is 0 Å². The first kappa shape index (κ1) is 13.3. The van der Waals surface area contributed by atoms with E-state index in [9.17, 15) is 22.4 Å². The molecule has 2 aromatic rings. The van der Waals surface area contributed by atoms with Crippen LogP contribution in [0.2, 0.25) is 0 Å². The molecule has 19 heavy (non-hydrogen) atoms. The molecule has 0 amide bonds. The highest BCUT2D eigenvalue weighted by Gasteiger charge is 2.11. The molecule has 2 aromatic carbocycles. The van der Waals surface area contributed by atoms with Gasteiger partial charge in [-0.3, -0.25) is 4.79 Å². The zero-order valence-corrected chi connectivity index (χ0v) is 9.59. The molecular weight excluding hydrogens is 260 g/mol. The van der Waals surface area contributed by atoms with Gasteiger partial charge in [0, 0.05) is 18.1 Å². The summed E-state index contributed by atoms with van der Waals surface area (Å²) in [5.41, 5.74) is 0.0794. The Hall–Kier alpha value is -2.17. The van der Waals surface area contributed by atoms with Crippen LogP contribution in [0.25, 0.3) is 0 Å². The first-order chi connectivity index (χ1) is 8.95. The zero-order chi connectivity index (χ0) is 14.0. The molecule has 0 aromatic heterocycles. The summed E-state index contributed by atoms with van der Waals surface area (Å²) in [6.45, 7) is 0. The van der Waals surface area contributed by atoms with Crippen LogP contribution in [-0.2, 0) is 6.42 Å². The van der Waals surface area contributed by atoms with E-state index in [1.807, 2.05) is 0 Å². The third-order valence-corrected chi connectivity index (χ3v) is 2.53. The van der Waals surface area contributed by atoms with Gasteiger partial charge in [-0.05, 0) is 29.8 Å².